The van der Waals surface area contributed by atoms with Crippen molar-refractivity contribution in [3.63, 3.8) is 0 Å². The van der Waals surface area contributed by atoms with Gasteiger partial charge in [0.15, 0.2) is 6.61 Å². The molecule has 1 aliphatic rings. The lowest BCUT2D eigenvalue weighted by atomic mass is 10.0. The lowest BCUT2D eigenvalue weighted by molar-refractivity contribution is 0.0475. The van der Waals surface area contributed by atoms with E-state index in [1.54, 1.807) is 18.2 Å². The fraction of sp³-hybridized carbons (Fsp3) is 0.217. The summed E-state index contributed by atoms with van der Waals surface area (Å²) < 4.78 is 33.2. The molecule has 0 amide bonds. The Hall–Kier alpha value is -2.68. The van der Waals surface area contributed by atoms with Gasteiger partial charge in [-0.15, -0.1) is 11.3 Å². The Labute approximate surface area is 195 Å². The molecule has 0 saturated carbocycles. The number of rotatable bonds is 6. The normalized spacial score (nSPS) is 13.5. The molecule has 6 nitrogen and oxygen atoms in total. The van der Waals surface area contributed by atoms with Gasteiger partial charge in [-0.1, -0.05) is 29.8 Å². The van der Waals surface area contributed by atoms with Crippen molar-refractivity contribution in [2.24, 2.45) is 0 Å². The van der Waals surface area contributed by atoms with Gasteiger partial charge >= 0.3 is 5.97 Å². The predicted octanol–water partition coefficient (Wildman–Crippen LogP) is 4.89. The van der Waals surface area contributed by atoms with Gasteiger partial charge in [-0.25, -0.2) is 13.2 Å². The number of para-hydroxylation sites is 1. The summed E-state index contributed by atoms with van der Waals surface area (Å²) in [5, 5.41) is 0.0485. The number of carbonyl (C=O) groups excluding carboxylic acids is 2. The van der Waals surface area contributed by atoms with Crippen LogP contribution < -0.4 is 4.31 Å². The van der Waals surface area contributed by atoms with Gasteiger partial charge in [-0.3, -0.25) is 9.10 Å². The lowest BCUT2D eigenvalue weighted by Gasteiger charge is -2.30. The molecule has 0 unspecified atom stereocenters. The number of anilines is 1. The van der Waals surface area contributed by atoms with Crippen molar-refractivity contribution in [1.29, 1.82) is 0 Å². The summed E-state index contributed by atoms with van der Waals surface area (Å²) in [5.41, 5.74) is 1.49. The number of benzene rings is 2. The van der Waals surface area contributed by atoms with Crippen LogP contribution in [0.15, 0.2) is 59.5 Å². The number of Topliss-reactive ketones (excluding diaryl/α,β-unsaturated/α-hetero) is 1. The van der Waals surface area contributed by atoms with Gasteiger partial charge in [-0.2, -0.15) is 0 Å². The zero-order chi connectivity index (χ0) is 22.9. The Bertz CT molecular complexity index is 1300. The van der Waals surface area contributed by atoms with Crippen LogP contribution in [0.3, 0.4) is 0 Å². The van der Waals surface area contributed by atoms with Crippen molar-refractivity contribution >= 4 is 50.4 Å². The summed E-state index contributed by atoms with van der Waals surface area (Å²) in [5.74, 6) is -1.19. The summed E-state index contributed by atoms with van der Waals surface area (Å²) in [7, 11) is -3.92. The highest BCUT2D eigenvalue weighted by Gasteiger charge is 2.30. The van der Waals surface area contributed by atoms with Gasteiger partial charge in [0, 0.05) is 11.4 Å². The third-order valence-corrected chi connectivity index (χ3v) is 8.34. The molecule has 3 aromatic rings. The molecule has 32 heavy (non-hydrogen) atoms. The fourth-order valence-electron chi connectivity index (χ4n) is 3.56. The number of aryl methyl sites for hydroxylation is 2. The second kappa shape index (κ2) is 9.05. The first-order valence-corrected chi connectivity index (χ1v) is 12.6. The molecule has 0 aliphatic carbocycles. The Morgan fingerprint density at radius 1 is 1.12 bits per heavy atom. The van der Waals surface area contributed by atoms with Crippen molar-refractivity contribution in [3.05, 3.63) is 80.5 Å². The number of carbonyl (C=O) groups is 2. The van der Waals surface area contributed by atoms with Gasteiger partial charge in [0.25, 0.3) is 10.0 Å². The number of ether oxygens (including phenoxy) is 1. The van der Waals surface area contributed by atoms with E-state index in [0.717, 1.165) is 16.9 Å². The van der Waals surface area contributed by atoms with Crippen LogP contribution in [0.4, 0.5) is 5.69 Å². The molecule has 1 aliphatic heterocycles. The van der Waals surface area contributed by atoms with Crippen LogP contribution in [0.1, 0.15) is 36.9 Å². The van der Waals surface area contributed by atoms with Gasteiger partial charge in [0.2, 0.25) is 5.78 Å². The Balaban J connectivity index is 1.57. The standard InChI is InChI=1S/C23H20ClNO5S2/c1-15-8-11-22(31-15)21(26)14-30-23(27)18-13-17(9-10-19(18)24)32(28,29)25-12-4-6-16-5-2-3-7-20(16)25/h2-3,5,7-11,13H,4,6,12,14H2,1H3. The smallest absolute Gasteiger partial charge is 0.340 e. The zero-order valence-corrected chi connectivity index (χ0v) is 19.6. The molecule has 2 heterocycles. The number of fused-ring (bicyclic) bond motifs is 1. The van der Waals surface area contributed by atoms with Crippen LogP contribution >= 0.6 is 22.9 Å². The lowest BCUT2D eigenvalue weighted by Crippen LogP contribution is -2.35. The number of hydrogen-bond acceptors (Lipinski definition) is 6. The summed E-state index contributed by atoms with van der Waals surface area (Å²) in [6.45, 7) is 1.77. The molecule has 2 aromatic carbocycles. The van der Waals surface area contributed by atoms with E-state index in [4.69, 9.17) is 16.3 Å². The van der Waals surface area contributed by atoms with E-state index >= 15 is 0 Å². The second-order valence-electron chi connectivity index (χ2n) is 7.36. The number of thiophene rings is 1. The maximum atomic E-state index is 13.4. The summed E-state index contributed by atoms with van der Waals surface area (Å²) in [6, 6.07) is 14.8. The average Bonchev–Trinajstić information content (AvgIpc) is 3.23. The molecule has 9 heteroatoms. The van der Waals surface area contributed by atoms with E-state index in [1.165, 1.54) is 33.8 Å². The number of nitrogens with zero attached hydrogens (tertiary/aromatic N) is 1. The highest BCUT2D eigenvalue weighted by molar-refractivity contribution is 7.92. The maximum Gasteiger partial charge on any atom is 0.340 e. The number of sulfonamides is 1. The quantitative estimate of drug-likeness (QED) is 0.363. The maximum absolute atomic E-state index is 13.4. The first-order valence-electron chi connectivity index (χ1n) is 9.94. The van der Waals surface area contributed by atoms with Crippen LogP contribution in [0, 0.1) is 6.92 Å². The highest BCUT2D eigenvalue weighted by Crippen LogP contribution is 2.33. The van der Waals surface area contributed by atoms with Crippen molar-refractivity contribution in [2.45, 2.75) is 24.7 Å². The number of ketones is 1. The van der Waals surface area contributed by atoms with Crippen molar-refractivity contribution in [3.8, 4) is 0 Å². The zero-order valence-electron chi connectivity index (χ0n) is 17.2. The SMILES string of the molecule is Cc1ccc(C(=O)COC(=O)c2cc(S(=O)(=O)N3CCCc4ccccc43)ccc2Cl)s1. The van der Waals surface area contributed by atoms with Crippen LogP contribution in [-0.2, 0) is 21.2 Å². The van der Waals surface area contributed by atoms with Crippen LogP contribution in [0.5, 0.6) is 0 Å². The molecular formula is C23H20ClNO5S2. The summed E-state index contributed by atoms with van der Waals surface area (Å²) >= 11 is 7.46. The van der Waals surface area contributed by atoms with E-state index < -0.39 is 22.6 Å². The third-order valence-electron chi connectivity index (χ3n) is 5.16. The molecular weight excluding hydrogens is 470 g/mol. The summed E-state index contributed by atoms with van der Waals surface area (Å²) in [4.78, 5) is 26.2. The van der Waals surface area contributed by atoms with Gasteiger partial charge in [0.1, 0.15) is 0 Å². The van der Waals surface area contributed by atoms with Crippen LogP contribution in [-0.4, -0.2) is 33.3 Å². The fourth-order valence-corrected chi connectivity index (χ4v) is 6.12. The molecule has 0 fully saturated rings. The number of halogens is 1. The van der Waals surface area contributed by atoms with Gasteiger partial charge in [-0.05, 0) is 61.7 Å². The average molecular weight is 490 g/mol. The molecule has 0 saturated heterocycles. The molecule has 0 spiro atoms. The van der Waals surface area contributed by atoms with Crippen molar-refractivity contribution in [2.75, 3.05) is 17.5 Å². The van der Waals surface area contributed by atoms with E-state index in [2.05, 4.69) is 0 Å². The second-order valence-corrected chi connectivity index (χ2v) is 10.9. The Morgan fingerprint density at radius 3 is 2.66 bits per heavy atom. The minimum atomic E-state index is -3.92. The van der Waals surface area contributed by atoms with Crippen LogP contribution in [0.25, 0.3) is 0 Å². The molecule has 166 valence electrons. The summed E-state index contributed by atoms with van der Waals surface area (Å²) in [6.07, 6.45) is 1.50. The third kappa shape index (κ3) is 4.44. The molecule has 0 radical (unpaired) electrons. The first kappa shape index (κ1) is 22.5. The number of hydrogen-bond donors (Lipinski definition) is 0. The van der Waals surface area contributed by atoms with E-state index in [-0.39, 0.29) is 21.3 Å². The van der Waals surface area contributed by atoms with Crippen molar-refractivity contribution in [1.82, 2.24) is 0 Å². The van der Waals surface area contributed by atoms with Crippen molar-refractivity contribution < 1.29 is 22.7 Å². The Morgan fingerprint density at radius 2 is 1.91 bits per heavy atom. The van der Waals surface area contributed by atoms with E-state index in [1.807, 2.05) is 25.1 Å². The molecule has 0 atom stereocenters. The molecule has 4 rings (SSSR count). The van der Waals surface area contributed by atoms with Crippen LogP contribution in [0.2, 0.25) is 5.02 Å². The van der Waals surface area contributed by atoms with E-state index in [0.29, 0.717) is 23.5 Å². The minimum absolute atomic E-state index is 0.0485. The largest absolute Gasteiger partial charge is 0.454 e. The molecule has 0 N–H and O–H groups in total. The van der Waals surface area contributed by atoms with Gasteiger partial charge < -0.3 is 4.74 Å². The van der Waals surface area contributed by atoms with E-state index in [9.17, 15) is 18.0 Å². The number of esters is 1. The Kier molecular flexibility index (Phi) is 6.37. The van der Waals surface area contributed by atoms with Gasteiger partial charge in [0.05, 0.1) is 26.0 Å². The minimum Gasteiger partial charge on any atom is -0.454 e. The highest BCUT2D eigenvalue weighted by atomic mass is 35.5. The first-order chi connectivity index (χ1) is 15.3. The monoisotopic (exact) mass is 489 g/mol. The molecule has 1 aromatic heterocycles. The predicted molar refractivity (Wildman–Crippen MR) is 124 cm³/mol. The molecule has 0 bridgehead atoms. The topological polar surface area (TPSA) is 80.8 Å².